The monoisotopic (exact) mass is 610 g/mol. The number of benzene rings is 1. The van der Waals surface area contributed by atoms with Crippen LogP contribution < -0.4 is 14.5 Å². The van der Waals surface area contributed by atoms with E-state index in [2.05, 4.69) is 61.8 Å². The van der Waals surface area contributed by atoms with E-state index in [1.165, 1.54) is 13.2 Å². The first-order valence-electron chi connectivity index (χ1n) is 15.4. The molecule has 0 N–H and O–H groups in total. The van der Waals surface area contributed by atoms with E-state index in [1.54, 1.807) is 4.90 Å². The Bertz CT molecular complexity index is 1630. The molecule has 3 aromatic rings. The number of methoxy groups -OCH3 is 1. The molecule has 5 heterocycles. The smallest absolute Gasteiger partial charge is 0.330 e. The number of pyridine rings is 1. The van der Waals surface area contributed by atoms with Gasteiger partial charge in [0.05, 0.1) is 49.1 Å². The molecule has 0 unspecified atom stereocenters. The van der Waals surface area contributed by atoms with Crippen molar-refractivity contribution < 1.29 is 19.1 Å². The highest BCUT2D eigenvalue weighted by atomic mass is 16.5. The summed E-state index contributed by atoms with van der Waals surface area (Å²) in [5.74, 6) is -0.129. The van der Waals surface area contributed by atoms with Crippen LogP contribution in [0.1, 0.15) is 30.5 Å². The maximum absolute atomic E-state index is 13.0. The largest absolute Gasteiger partial charge is 0.466 e. The second-order valence-corrected chi connectivity index (χ2v) is 11.7. The number of anilines is 2. The number of hydrogen-bond acceptors (Lipinski definition) is 11. The van der Waals surface area contributed by atoms with Gasteiger partial charge in [-0.1, -0.05) is 18.2 Å². The second kappa shape index (κ2) is 13.5. The number of likely N-dealkylation sites (N-methyl/N-ethyl adjacent to an activating group) is 1. The SMILES string of the molecule is COC(=O)/C=C/C(=O)N1CCN(c2nc(OC[C@@H]3CCCN3C)nc3c2CCN(c2cccc4cccnc24)C3)C[C@@H]1CC#N. The lowest BCUT2D eigenvalue weighted by atomic mass is 10.0. The Morgan fingerprint density at radius 2 is 1.93 bits per heavy atom. The van der Waals surface area contributed by atoms with Gasteiger partial charge in [-0.25, -0.2) is 4.79 Å². The number of nitriles is 1. The summed E-state index contributed by atoms with van der Waals surface area (Å²) in [6, 6.07) is 12.8. The summed E-state index contributed by atoms with van der Waals surface area (Å²) in [5.41, 5.74) is 3.99. The Labute approximate surface area is 262 Å². The van der Waals surface area contributed by atoms with Crippen LogP contribution in [0.25, 0.3) is 10.9 Å². The van der Waals surface area contributed by atoms with Crippen LogP contribution >= 0.6 is 0 Å². The van der Waals surface area contributed by atoms with Gasteiger partial charge in [-0.05, 0) is 45.0 Å². The van der Waals surface area contributed by atoms with Gasteiger partial charge in [0.15, 0.2) is 0 Å². The van der Waals surface area contributed by atoms with E-state index in [-0.39, 0.29) is 18.4 Å². The molecule has 1 amide bonds. The minimum absolute atomic E-state index is 0.154. The Hall–Kier alpha value is -4.76. The first-order chi connectivity index (χ1) is 21.9. The van der Waals surface area contributed by atoms with Crippen LogP contribution in [0.2, 0.25) is 0 Å². The van der Waals surface area contributed by atoms with Gasteiger partial charge in [0.2, 0.25) is 5.91 Å². The van der Waals surface area contributed by atoms with Gasteiger partial charge in [-0.15, -0.1) is 0 Å². The van der Waals surface area contributed by atoms with E-state index in [0.717, 1.165) is 72.1 Å². The van der Waals surface area contributed by atoms with E-state index in [0.29, 0.717) is 44.8 Å². The summed E-state index contributed by atoms with van der Waals surface area (Å²) in [4.78, 5) is 47.6. The van der Waals surface area contributed by atoms with Crippen LogP contribution in [-0.4, -0.2) is 102 Å². The molecule has 2 aromatic heterocycles. The molecule has 3 aliphatic heterocycles. The minimum atomic E-state index is -0.601. The maximum atomic E-state index is 13.0. The van der Waals surface area contributed by atoms with E-state index in [4.69, 9.17) is 14.7 Å². The van der Waals surface area contributed by atoms with Crippen molar-refractivity contribution >= 4 is 34.3 Å². The number of nitrogens with zero attached hydrogens (tertiary/aromatic N) is 8. The van der Waals surface area contributed by atoms with Crippen molar-refractivity contribution in [3.8, 4) is 12.1 Å². The zero-order valence-electron chi connectivity index (χ0n) is 25.8. The number of esters is 1. The number of para-hydroxylation sites is 1. The van der Waals surface area contributed by atoms with Crippen molar-refractivity contribution in [2.24, 2.45) is 0 Å². The predicted molar refractivity (Wildman–Crippen MR) is 169 cm³/mol. The fourth-order valence-electron chi connectivity index (χ4n) is 6.55. The molecule has 12 nitrogen and oxygen atoms in total. The number of hydrogen-bond donors (Lipinski definition) is 0. The van der Waals surface area contributed by atoms with Crippen molar-refractivity contribution in [3.63, 3.8) is 0 Å². The van der Waals surface area contributed by atoms with Crippen molar-refractivity contribution in [2.45, 2.75) is 44.3 Å². The van der Waals surface area contributed by atoms with E-state index in [9.17, 15) is 14.9 Å². The van der Waals surface area contributed by atoms with Crippen molar-refractivity contribution in [1.29, 1.82) is 5.26 Å². The van der Waals surface area contributed by atoms with Gasteiger partial charge in [0, 0.05) is 61.5 Å². The van der Waals surface area contributed by atoms with E-state index < -0.39 is 5.97 Å². The molecule has 0 aliphatic carbocycles. The number of fused-ring (bicyclic) bond motifs is 2. The molecule has 45 heavy (non-hydrogen) atoms. The Balaban J connectivity index is 1.29. The molecule has 6 rings (SSSR count). The summed E-state index contributed by atoms with van der Waals surface area (Å²) >= 11 is 0. The molecular weight excluding hydrogens is 572 g/mol. The lowest BCUT2D eigenvalue weighted by Crippen LogP contribution is -2.55. The molecule has 12 heteroatoms. The van der Waals surface area contributed by atoms with Gasteiger partial charge >= 0.3 is 12.0 Å². The summed E-state index contributed by atoms with van der Waals surface area (Å²) < 4.78 is 10.9. The second-order valence-electron chi connectivity index (χ2n) is 11.7. The third-order valence-electron chi connectivity index (χ3n) is 9.01. The fourth-order valence-corrected chi connectivity index (χ4v) is 6.55. The van der Waals surface area contributed by atoms with Gasteiger partial charge in [-0.2, -0.15) is 15.2 Å². The van der Waals surface area contributed by atoms with Crippen LogP contribution in [0.4, 0.5) is 11.5 Å². The summed E-state index contributed by atoms with van der Waals surface area (Å²) in [6.07, 6.45) is 7.25. The first kappa shape index (κ1) is 30.3. The highest BCUT2D eigenvalue weighted by Crippen LogP contribution is 2.34. The van der Waals surface area contributed by atoms with Crippen LogP contribution in [0, 0.1) is 11.3 Å². The van der Waals surface area contributed by atoms with Crippen LogP contribution in [0.3, 0.4) is 0 Å². The van der Waals surface area contributed by atoms with Gasteiger partial charge < -0.3 is 29.1 Å². The number of amides is 1. The highest BCUT2D eigenvalue weighted by molar-refractivity contribution is 5.95. The lowest BCUT2D eigenvalue weighted by molar-refractivity contribution is -0.135. The third-order valence-corrected chi connectivity index (χ3v) is 9.01. The molecule has 0 spiro atoms. The number of carbonyl (C=O) groups excluding carboxylic acids is 2. The maximum Gasteiger partial charge on any atom is 0.330 e. The quantitative estimate of drug-likeness (QED) is 0.276. The molecule has 0 saturated carbocycles. The van der Waals surface area contributed by atoms with Crippen molar-refractivity contribution in [3.05, 3.63) is 59.9 Å². The van der Waals surface area contributed by atoms with Crippen molar-refractivity contribution in [1.82, 2.24) is 24.8 Å². The van der Waals surface area contributed by atoms with E-state index >= 15 is 0 Å². The van der Waals surface area contributed by atoms with Crippen molar-refractivity contribution in [2.75, 3.05) is 63.3 Å². The normalized spacial score (nSPS) is 20.3. The molecule has 234 valence electrons. The Morgan fingerprint density at radius 1 is 1.07 bits per heavy atom. The highest BCUT2D eigenvalue weighted by Gasteiger charge is 2.34. The number of ether oxygens (including phenoxy) is 2. The molecule has 2 saturated heterocycles. The fraction of sp³-hybridized carbons (Fsp3) is 0.455. The molecule has 3 aliphatic rings. The summed E-state index contributed by atoms with van der Waals surface area (Å²) in [5, 5.41) is 10.7. The number of carbonyl (C=O) groups is 2. The van der Waals surface area contributed by atoms with E-state index in [1.807, 2.05) is 12.3 Å². The average Bonchev–Trinajstić information content (AvgIpc) is 3.49. The molecule has 0 bridgehead atoms. The third kappa shape index (κ3) is 6.54. The predicted octanol–water partition coefficient (Wildman–Crippen LogP) is 2.72. The summed E-state index contributed by atoms with van der Waals surface area (Å²) in [7, 11) is 3.38. The zero-order chi connectivity index (χ0) is 31.3. The van der Waals surface area contributed by atoms with Gasteiger partial charge in [0.25, 0.3) is 0 Å². The zero-order valence-corrected chi connectivity index (χ0v) is 25.8. The average molecular weight is 611 g/mol. The van der Waals surface area contributed by atoms with Crippen LogP contribution in [0.15, 0.2) is 48.7 Å². The molecular formula is C33H38N8O4. The van der Waals surface area contributed by atoms with Crippen LogP contribution in [-0.2, 0) is 27.3 Å². The Morgan fingerprint density at radius 3 is 2.73 bits per heavy atom. The topological polar surface area (TPSA) is 128 Å². The first-order valence-corrected chi connectivity index (χ1v) is 15.4. The molecule has 2 fully saturated rings. The van der Waals surface area contributed by atoms with Crippen LogP contribution in [0.5, 0.6) is 6.01 Å². The molecule has 0 radical (unpaired) electrons. The number of piperazine rings is 1. The molecule has 1 aromatic carbocycles. The lowest BCUT2D eigenvalue weighted by Gasteiger charge is -2.42. The number of likely N-dealkylation sites (tertiary alicyclic amines) is 1. The van der Waals surface area contributed by atoms with Gasteiger partial charge in [-0.3, -0.25) is 9.78 Å². The minimum Gasteiger partial charge on any atom is -0.466 e. The number of aromatic nitrogens is 3. The Kier molecular flexibility index (Phi) is 9.07. The molecule has 2 atom stereocenters. The van der Waals surface area contributed by atoms with Gasteiger partial charge in [0.1, 0.15) is 12.4 Å². The number of rotatable bonds is 8. The summed E-state index contributed by atoms with van der Waals surface area (Å²) in [6.45, 7) is 4.24. The standard InChI is InChI=1S/C33H38N8O4/c1-38-16-5-8-25(38)22-45-33-36-27-21-39(28-9-3-6-23-7-4-15-35-31(23)28)17-13-26(27)32(37-33)40-18-19-41(24(20-40)12-14-34)29(42)10-11-30(43)44-2/h3-4,6-7,9-11,15,24-25H,5,8,12-13,16-22H2,1-2H3/b11-10+/t24-,25-/m0/s1.